The summed E-state index contributed by atoms with van der Waals surface area (Å²) in [5.41, 5.74) is 11.5. The maximum atomic E-state index is 11.3. The molecule has 1 rings (SSSR count). The molecule has 0 bridgehead atoms. The number of nitrogens with two attached hydrogens (primary N) is 2. The monoisotopic (exact) mass is 254 g/mol. The van der Waals surface area contributed by atoms with Crippen molar-refractivity contribution in [3.05, 3.63) is 17.7 Å². The lowest BCUT2D eigenvalue weighted by Crippen LogP contribution is -2.27. The van der Waals surface area contributed by atoms with Crippen LogP contribution in [-0.2, 0) is 4.79 Å². The van der Waals surface area contributed by atoms with Crippen molar-refractivity contribution in [2.45, 2.75) is 5.92 Å². The summed E-state index contributed by atoms with van der Waals surface area (Å²) in [6.07, 6.45) is 0. The van der Waals surface area contributed by atoms with E-state index in [2.05, 4.69) is 0 Å². The molecule has 1 atom stereocenters. The third-order valence-electron chi connectivity index (χ3n) is 2.67. The van der Waals surface area contributed by atoms with Gasteiger partial charge < -0.3 is 25.7 Å². The second-order valence-corrected chi connectivity index (χ2v) is 3.65. The lowest BCUT2D eigenvalue weighted by molar-refractivity contribution is -0.119. The van der Waals surface area contributed by atoms with Gasteiger partial charge in [0.2, 0.25) is 11.7 Å². The lowest BCUT2D eigenvalue weighted by Gasteiger charge is -2.17. The largest absolute Gasteiger partial charge is 0.493 e. The van der Waals surface area contributed by atoms with Gasteiger partial charge in [-0.3, -0.25) is 4.79 Å². The average molecular weight is 254 g/mol. The summed E-state index contributed by atoms with van der Waals surface area (Å²) in [6, 6.07) is 3.34. The van der Waals surface area contributed by atoms with E-state index in [0.29, 0.717) is 22.8 Å². The second kappa shape index (κ2) is 6.11. The number of primary amides is 1. The Kier molecular flexibility index (Phi) is 4.79. The van der Waals surface area contributed by atoms with Gasteiger partial charge in [0.15, 0.2) is 11.5 Å². The lowest BCUT2D eigenvalue weighted by atomic mass is 9.97. The molecule has 0 aliphatic rings. The summed E-state index contributed by atoms with van der Waals surface area (Å²) in [7, 11) is 4.51. The van der Waals surface area contributed by atoms with Crippen LogP contribution in [0.25, 0.3) is 0 Å². The molecule has 6 nitrogen and oxygen atoms in total. The molecule has 0 saturated heterocycles. The smallest absolute Gasteiger partial charge is 0.226 e. The highest BCUT2D eigenvalue weighted by molar-refractivity contribution is 5.82. The van der Waals surface area contributed by atoms with Crippen LogP contribution in [-0.4, -0.2) is 33.8 Å². The molecule has 0 heterocycles. The van der Waals surface area contributed by atoms with Crippen molar-refractivity contribution in [1.29, 1.82) is 0 Å². The number of rotatable bonds is 6. The van der Waals surface area contributed by atoms with E-state index in [1.54, 1.807) is 12.1 Å². The number of ether oxygens (including phenoxy) is 3. The van der Waals surface area contributed by atoms with Crippen LogP contribution in [0.5, 0.6) is 17.2 Å². The van der Waals surface area contributed by atoms with E-state index in [9.17, 15) is 4.79 Å². The molecule has 4 N–H and O–H groups in total. The van der Waals surface area contributed by atoms with E-state index in [-0.39, 0.29) is 6.54 Å². The summed E-state index contributed by atoms with van der Waals surface area (Å²) in [6.45, 7) is 0.119. The molecule has 100 valence electrons. The van der Waals surface area contributed by atoms with Gasteiger partial charge in [0, 0.05) is 6.54 Å². The van der Waals surface area contributed by atoms with Crippen LogP contribution in [0.3, 0.4) is 0 Å². The molecule has 0 fully saturated rings. The minimum atomic E-state index is -0.585. The van der Waals surface area contributed by atoms with Crippen LogP contribution < -0.4 is 25.7 Å². The molecule has 1 aromatic carbocycles. The van der Waals surface area contributed by atoms with Crippen molar-refractivity contribution >= 4 is 5.91 Å². The first kappa shape index (κ1) is 14.1. The Morgan fingerprint density at radius 3 is 1.94 bits per heavy atom. The number of amides is 1. The van der Waals surface area contributed by atoms with Crippen molar-refractivity contribution in [2.75, 3.05) is 27.9 Å². The molecule has 0 aromatic heterocycles. The molecule has 1 amide bonds. The van der Waals surface area contributed by atoms with E-state index in [1.165, 1.54) is 21.3 Å². The Bertz CT molecular complexity index is 409. The zero-order valence-electron chi connectivity index (χ0n) is 10.7. The molecule has 0 radical (unpaired) electrons. The molecule has 1 aromatic rings. The summed E-state index contributed by atoms with van der Waals surface area (Å²) in [5, 5.41) is 0. The highest BCUT2D eigenvalue weighted by Crippen LogP contribution is 2.39. The van der Waals surface area contributed by atoms with E-state index in [1.807, 2.05) is 0 Å². The SMILES string of the molecule is COc1cc(C(CN)C(N)=O)cc(OC)c1OC. The van der Waals surface area contributed by atoms with Gasteiger partial charge in [-0.2, -0.15) is 0 Å². The fourth-order valence-electron chi connectivity index (χ4n) is 1.72. The van der Waals surface area contributed by atoms with Gasteiger partial charge in [0.25, 0.3) is 0 Å². The van der Waals surface area contributed by atoms with E-state index in [4.69, 9.17) is 25.7 Å². The molecule has 0 saturated carbocycles. The maximum absolute atomic E-state index is 11.3. The first-order valence-corrected chi connectivity index (χ1v) is 5.38. The Balaban J connectivity index is 3.34. The molecule has 0 spiro atoms. The second-order valence-electron chi connectivity index (χ2n) is 3.65. The Labute approximate surface area is 106 Å². The maximum Gasteiger partial charge on any atom is 0.226 e. The number of methoxy groups -OCH3 is 3. The van der Waals surface area contributed by atoms with Gasteiger partial charge in [-0.25, -0.2) is 0 Å². The molecule has 18 heavy (non-hydrogen) atoms. The molecule has 6 heteroatoms. The van der Waals surface area contributed by atoms with Crippen molar-refractivity contribution in [3.8, 4) is 17.2 Å². The topological polar surface area (TPSA) is 96.8 Å². The van der Waals surface area contributed by atoms with Gasteiger partial charge in [-0.15, -0.1) is 0 Å². The van der Waals surface area contributed by atoms with Crippen molar-refractivity contribution in [2.24, 2.45) is 11.5 Å². The van der Waals surface area contributed by atoms with E-state index >= 15 is 0 Å². The minimum absolute atomic E-state index is 0.119. The summed E-state index contributed by atoms with van der Waals surface area (Å²) in [5.74, 6) is 0.313. The van der Waals surface area contributed by atoms with Gasteiger partial charge in [-0.1, -0.05) is 0 Å². The quantitative estimate of drug-likeness (QED) is 0.758. The molecule has 0 aliphatic carbocycles. The molecule has 0 aliphatic heterocycles. The first-order valence-electron chi connectivity index (χ1n) is 5.38. The fraction of sp³-hybridized carbons (Fsp3) is 0.417. The zero-order chi connectivity index (χ0) is 13.7. The highest BCUT2D eigenvalue weighted by Gasteiger charge is 2.21. The van der Waals surface area contributed by atoms with Crippen molar-refractivity contribution in [3.63, 3.8) is 0 Å². The van der Waals surface area contributed by atoms with Gasteiger partial charge >= 0.3 is 0 Å². The summed E-state index contributed by atoms with van der Waals surface area (Å²) >= 11 is 0. The minimum Gasteiger partial charge on any atom is -0.493 e. The van der Waals surface area contributed by atoms with Gasteiger partial charge in [0.05, 0.1) is 27.2 Å². The molecular weight excluding hydrogens is 236 g/mol. The van der Waals surface area contributed by atoms with Crippen LogP contribution in [0, 0.1) is 0 Å². The average Bonchev–Trinajstić information content (AvgIpc) is 2.37. The van der Waals surface area contributed by atoms with E-state index < -0.39 is 11.8 Å². The van der Waals surface area contributed by atoms with Gasteiger partial charge in [0.1, 0.15) is 0 Å². The van der Waals surface area contributed by atoms with Crippen LogP contribution in [0.2, 0.25) is 0 Å². The fourth-order valence-corrected chi connectivity index (χ4v) is 1.72. The van der Waals surface area contributed by atoms with Crippen LogP contribution in [0.4, 0.5) is 0 Å². The van der Waals surface area contributed by atoms with Crippen LogP contribution >= 0.6 is 0 Å². The van der Waals surface area contributed by atoms with Crippen LogP contribution in [0.1, 0.15) is 11.5 Å². The normalized spacial score (nSPS) is 11.8. The van der Waals surface area contributed by atoms with Gasteiger partial charge in [-0.05, 0) is 17.7 Å². The first-order chi connectivity index (χ1) is 8.58. The summed E-state index contributed by atoms with van der Waals surface area (Å²) in [4.78, 5) is 11.3. The predicted molar refractivity (Wildman–Crippen MR) is 67.1 cm³/mol. The number of carbonyl (C=O) groups excluding carboxylic acids is 1. The zero-order valence-corrected chi connectivity index (χ0v) is 10.7. The number of hydrogen-bond acceptors (Lipinski definition) is 5. The Morgan fingerprint density at radius 2 is 1.67 bits per heavy atom. The third kappa shape index (κ3) is 2.65. The molecule has 1 unspecified atom stereocenters. The van der Waals surface area contributed by atoms with Crippen LogP contribution in [0.15, 0.2) is 12.1 Å². The van der Waals surface area contributed by atoms with E-state index in [0.717, 1.165) is 0 Å². The number of benzene rings is 1. The predicted octanol–water partition coefficient (Wildman–Crippen LogP) is 0.240. The summed E-state index contributed by atoms with van der Waals surface area (Å²) < 4.78 is 15.6. The standard InChI is InChI=1S/C12H18N2O4/c1-16-9-4-7(8(6-13)12(14)15)5-10(17-2)11(9)18-3/h4-5,8H,6,13H2,1-3H3,(H2,14,15). The third-order valence-corrected chi connectivity index (χ3v) is 2.67. The Morgan fingerprint density at radius 1 is 1.17 bits per heavy atom. The highest BCUT2D eigenvalue weighted by atomic mass is 16.5. The number of hydrogen-bond donors (Lipinski definition) is 2. The Hall–Kier alpha value is -1.95. The van der Waals surface area contributed by atoms with Crippen molar-refractivity contribution < 1.29 is 19.0 Å². The number of carbonyl (C=O) groups is 1. The molecular formula is C12H18N2O4. The van der Waals surface area contributed by atoms with Crippen molar-refractivity contribution in [1.82, 2.24) is 0 Å².